The standard InChI is InChI=1S/C20H22N2O4/c1-12-6-4-5-7-14(12)21-20(23)17-16-13(8-9-22(17)2)10-15-18(19(16)24-3)26-11-25-15/h4-7,10,17H,8-9,11H2,1-3H3,(H,21,23). The summed E-state index contributed by atoms with van der Waals surface area (Å²) in [6, 6.07) is 9.28. The van der Waals surface area contributed by atoms with Crippen LogP contribution >= 0.6 is 0 Å². The smallest absolute Gasteiger partial charge is 0.246 e. The van der Waals surface area contributed by atoms with Crippen LogP contribution in [-0.2, 0) is 11.2 Å². The number of benzene rings is 2. The van der Waals surface area contributed by atoms with Crippen LogP contribution in [0.2, 0.25) is 0 Å². The molecule has 6 nitrogen and oxygen atoms in total. The number of hydrogen-bond acceptors (Lipinski definition) is 5. The molecule has 136 valence electrons. The topological polar surface area (TPSA) is 60.0 Å². The van der Waals surface area contributed by atoms with E-state index >= 15 is 0 Å². The van der Waals surface area contributed by atoms with Crippen molar-refractivity contribution in [2.75, 3.05) is 32.8 Å². The first-order valence-electron chi connectivity index (χ1n) is 8.66. The number of nitrogens with one attached hydrogen (secondary N) is 1. The first kappa shape index (κ1) is 16.7. The lowest BCUT2D eigenvalue weighted by atomic mass is 9.90. The highest BCUT2D eigenvalue weighted by Crippen LogP contribution is 2.49. The highest BCUT2D eigenvalue weighted by Gasteiger charge is 2.37. The minimum atomic E-state index is -0.456. The van der Waals surface area contributed by atoms with Crippen LogP contribution < -0.4 is 19.5 Å². The van der Waals surface area contributed by atoms with Gasteiger partial charge in [0.2, 0.25) is 18.4 Å². The molecule has 2 aromatic rings. The number of nitrogens with zero attached hydrogens (tertiary/aromatic N) is 1. The lowest BCUT2D eigenvalue weighted by molar-refractivity contribution is -0.121. The molecular formula is C20H22N2O4. The highest BCUT2D eigenvalue weighted by molar-refractivity contribution is 5.97. The third-order valence-electron chi connectivity index (χ3n) is 5.05. The Morgan fingerprint density at radius 1 is 1.31 bits per heavy atom. The third kappa shape index (κ3) is 2.66. The molecule has 1 unspecified atom stereocenters. The number of carbonyl (C=O) groups excluding carboxylic acids is 1. The predicted molar refractivity (Wildman–Crippen MR) is 98.0 cm³/mol. The molecule has 0 bridgehead atoms. The van der Waals surface area contributed by atoms with Crippen molar-refractivity contribution in [1.29, 1.82) is 0 Å². The van der Waals surface area contributed by atoms with Gasteiger partial charge >= 0.3 is 0 Å². The van der Waals surface area contributed by atoms with Gasteiger partial charge < -0.3 is 19.5 Å². The number of carbonyl (C=O) groups is 1. The zero-order valence-electron chi connectivity index (χ0n) is 15.2. The summed E-state index contributed by atoms with van der Waals surface area (Å²) in [5, 5.41) is 3.06. The fraction of sp³-hybridized carbons (Fsp3) is 0.350. The summed E-state index contributed by atoms with van der Waals surface area (Å²) in [6.45, 7) is 2.93. The summed E-state index contributed by atoms with van der Waals surface area (Å²) >= 11 is 0. The van der Waals surface area contributed by atoms with E-state index in [0.717, 1.165) is 35.3 Å². The normalized spacial score (nSPS) is 18.3. The van der Waals surface area contributed by atoms with Crippen LogP contribution in [0.3, 0.4) is 0 Å². The minimum absolute atomic E-state index is 0.0834. The molecular weight excluding hydrogens is 332 g/mol. The number of ether oxygens (including phenoxy) is 3. The van der Waals surface area contributed by atoms with Gasteiger partial charge in [0.15, 0.2) is 11.5 Å². The molecule has 1 amide bonds. The number of methoxy groups -OCH3 is 1. The molecule has 0 fully saturated rings. The first-order chi connectivity index (χ1) is 12.6. The van der Waals surface area contributed by atoms with E-state index in [1.807, 2.05) is 49.2 Å². The number of amides is 1. The summed E-state index contributed by atoms with van der Waals surface area (Å²) in [4.78, 5) is 15.2. The Bertz CT molecular complexity index is 865. The van der Waals surface area contributed by atoms with Crippen LogP contribution in [0.4, 0.5) is 5.69 Å². The number of hydrogen-bond donors (Lipinski definition) is 1. The van der Waals surface area contributed by atoms with Crippen LogP contribution in [0.25, 0.3) is 0 Å². The van der Waals surface area contributed by atoms with Crippen LogP contribution in [0.5, 0.6) is 17.2 Å². The van der Waals surface area contributed by atoms with Gasteiger partial charge in [0.25, 0.3) is 0 Å². The summed E-state index contributed by atoms with van der Waals surface area (Å²) in [5.74, 6) is 1.77. The van der Waals surface area contributed by atoms with Crippen molar-refractivity contribution in [3.05, 3.63) is 47.0 Å². The fourth-order valence-electron chi connectivity index (χ4n) is 3.68. The molecule has 0 spiro atoms. The van der Waals surface area contributed by atoms with Crippen LogP contribution in [0.15, 0.2) is 30.3 Å². The Hall–Kier alpha value is -2.73. The molecule has 2 aliphatic heterocycles. The lowest BCUT2D eigenvalue weighted by Crippen LogP contribution is -2.40. The molecule has 26 heavy (non-hydrogen) atoms. The second kappa shape index (κ2) is 6.53. The van der Waals surface area contributed by atoms with E-state index in [4.69, 9.17) is 14.2 Å². The number of rotatable bonds is 3. The number of fused-ring (bicyclic) bond motifs is 2. The summed E-state index contributed by atoms with van der Waals surface area (Å²) in [5.41, 5.74) is 3.76. The molecule has 1 N–H and O–H groups in total. The van der Waals surface area contributed by atoms with Crippen molar-refractivity contribution in [1.82, 2.24) is 4.90 Å². The summed E-state index contributed by atoms with van der Waals surface area (Å²) in [7, 11) is 3.55. The van der Waals surface area contributed by atoms with Crippen LogP contribution in [0, 0.1) is 6.92 Å². The van der Waals surface area contributed by atoms with Gasteiger partial charge in [0.1, 0.15) is 6.04 Å². The van der Waals surface area contributed by atoms with Gasteiger partial charge in [-0.15, -0.1) is 0 Å². The average Bonchev–Trinajstić information content (AvgIpc) is 3.10. The van der Waals surface area contributed by atoms with Crippen LogP contribution in [0.1, 0.15) is 22.7 Å². The van der Waals surface area contributed by atoms with E-state index in [0.29, 0.717) is 17.2 Å². The van der Waals surface area contributed by atoms with E-state index in [2.05, 4.69) is 5.32 Å². The molecule has 4 rings (SSSR count). The maximum absolute atomic E-state index is 13.2. The summed E-state index contributed by atoms with van der Waals surface area (Å²) < 4.78 is 16.8. The fourth-order valence-corrected chi connectivity index (χ4v) is 3.68. The molecule has 6 heteroatoms. The van der Waals surface area contributed by atoms with Gasteiger partial charge in [-0.05, 0) is 43.7 Å². The molecule has 2 aliphatic rings. The SMILES string of the molecule is COc1c2c(cc3c1C(C(=O)Nc1ccccc1C)N(C)CC3)OCO2. The zero-order chi connectivity index (χ0) is 18.3. The number of para-hydroxylation sites is 1. The first-order valence-corrected chi connectivity index (χ1v) is 8.66. The number of anilines is 1. The van der Waals surface area contributed by atoms with Crippen molar-refractivity contribution >= 4 is 11.6 Å². The molecule has 0 aliphatic carbocycles. The lowest BCUT2D eigenvalue weighted by Gasteiger charge is -2.34. The Labute approximate surface area is 152 Å². The van der Waals surface area contributed by atoms with Gasteiger partial charge in [-0.3, -0.25) is 9.69 Å². The molecule has 0 radical (unpaired) electrons. The minimum Gasteiger partial charge on any atom is -0.492 e. The quantitative estimate of drug-likeness (QED) is 0.918. The largest absolute Gasteiger partial charge is 0.492 e. The van der Waals surface area contributed by atoms with Gasteiger partial charge in [0, 0.05) is 17.8 Å². The van der Waals surface area contributed by atoms with Crippen molar-refractivity contribution in [2.24, 2.45) is 0 Å². The molecule has 0 saturated carbocycles. The Morgan fingerprint density at radius 2 is 2.12 bits per heavy atom. The van der Waals surface area contributed by atoms with Crippen molar-refractivity contribution < 1.29 is 19.0 Å². The molecule has 0 aromatic heterocycles. The average molecular weight is 354 g/mol. The van der Waals surface area contributed by atoms with Gasteiger partial charge in [-0.1, -0.05) is 18.2 Å². The Balaban J connectivity index is 1.76. The van der Waals surface area contributed by atoms with Gasteiger partial charge in [-0.25, -0.2) is 0 Å². The maximum atomic E-state index is 13.2. The van der Waals surface area contributed by atoms with E-state index < -0.39 is 6.04 Å². The predicted octanol–water partition coefficient (Wildman–Crippen LogP) is 2.90. The molecule has 2 aromatic carbocycles. The van der Waals surface area contributed by atoms with E-state index in [-0.39, 0.29) is 12.7 Å². The molecule has 0 saturated heterocycles. The summed E-state index contributed by atoms with van der Waals surface area (Å²) in [6.07, 6.45) is 0.826. The second-order valence-corrected chi connectivity index (χ2v) is 6.65. The number of aryl methyl sites for hydroxylation is 1. The maximum Gasteiger partial charge on any atom is 0.246 e. The van der Waals surface area contributed by atoms with E-state index in [9.17, 15) is 4.79 Å². The Morgan fingerprint density at radius 3 is 2.88 bits per heavy atom. The zero-order valence-corrected chi connectivity index (χ0v) is 15.2. The Kier molecular flexibility index (Phi) is 4.20. The highest BCUT2D eigenvalue weighted by atomic mass is 16.7. The third-order valence-corrected chi connectivity index (χ3v) is 5.05. The number of likely N-dealkylation sites (N-methyl/N-ethyl adjacent to an activating group) is 1. The van der Waals surface area contributed by atoms with Crippen molar-refractivity contribution in [3.8, 4) is 17.2 Å². The van der Waals surface area contributed by atoms with Crippen molar-refractivity contribution in [2.45, 2.75) is 19.4 Å². The monoisotopic (exact) mass is 354 g/mol. The molecule has 2 heterocycles. The van der Waals surface area contributed by atoms with E-state index in [1.54, 1.807) is 7.11 Å². The van der Waals surface area contributed by atoms with Gasteiger partial charge in [-0.2, -0.15) is 0 Å². The van der Waals surface area contributed by atoms with Crippen molar-refractivity contribution in [3.63, 3.8) is 0 Å². The van der Waals surface area contributed by atoms with Crippen LogP contribution in [-0.4, -0.2) is 38.3 Å². The second-order valence-electron chi connectivity index (χ2n) is 6.65. The van der Waals surface area contributed by atoms with Gasteiger partial charge in [0.05, 0.1) is 7.11 Å². The molecule has 1 atom stereocenters. The van der Waals surface area contributed by atoms with E-state index in [1.165, 1.54) is 0 Å².